The predicted molar refractivity (Wildman–Crippen MR) is 104 cm³/mol. The zero-order valence-corrected chi connectivity index (χ0v) is 16.1. The summed E-state index contributed by atoms with van der Waals surface area (Å²) in [6.45, 7) is 1.94. The standard InChI is InChI=1S/C21H23N3O4/c1-14(15-4-8-17(26-2)9-5-15)22-19(25)12-13-20-23-21(24-28-20)16-6-10-18(27-3)11-7-16/h4-11,14H,12-13H2,1-3H3,(H,22,25)/t14-/m1/s1. The molecule has 2 aromatic carbocycles. The number of hydrogen-bond donors (Lipinski definition) is 1. The van der Waals surface area contributed by atoms with Gasteiger partial charge in [-0.3, -0.25) is 4.79 Å². The Morgan fingerprint density at radius 3 is 2.25 bits per heavy atom. The molecule has 1 heterocycles. The molecule has 0 spiro atoms. The maximum absolute atomic E-state index is 12.2. The van der Waals surface area contributed by atoms with E-state index in [1.807, 2.05) is 55.5 Å². The maximum Gasteiger partial charge on any atom is 0.227 e. The first-order valence-corrected chi connectivity index (χ1v) is 8.99. The van der Waals surface area contributed by atoms with Crippen molar-refractivity contribution >= 4 is 5.91 Å². The van der Waals surface area contributed by atoms with Gasteiger partial charge in [-0.2, -0.15) is 4.98 Å². The summed E-state index contributed by atoms with van der Waals surface area (Å²) < 4.78 is 15.5. The first-order chi connectivity index (χ1) is 13.6. The lowest BCUT2D eigenvalue weighted by atomic mass is 10.1. The van der Waals surface area contributed by atoms with Crippen LogP contribution >= 0.6 is 0 Å². The van der Waals surface area contributed by atoms with Crippen molar-refractivity contribution in [3.05, 3.63) is 60.0 Å². The van der Waals surface area contributed by atoms with Crippen LogP contribution in [0.3, 0.4) is 0 Å². The largest absolute Gasteiger partial charge is 0.497 e. The van der Waals surface area contributed by atoms with Crippen LogP contribution in [0.4, 0.5) is 0 Å². The summed E-state index contributed by atoms with van der Waals surface area (Å²) in [5.41, 5.74) is 1.84. The van der Waals surface area contributed by atoms with E-state index in [-0.39, 0.29) is 18.4 Å². The molecule has 7 nitrogen and oxygen atoms in total. The Bertz CT molecular complexity index is 904. The minimum atomic E-state index is -0.101. The molecule has 0 radical (unpaired) electrons. The van der Waals surface area contributed by atoms with Crippen molar-refractivity contribution < 1.29 is 18.8 Å². The third kappa shape index (κ3) is 4.88. The smallest absolute Gasteiger partial charge is 0.227 e. The summed E-state index contributed by atoms with van der Waals surface area (Å²) in [5.74, 6) is 2.39. The number of benzene rings is 2. The Morgan fingerprint density at radius 1 is 1.04 bits per heavy atom. The van der Waals surface area contributed by atoms with E-state index in [0.717, 1.165) is 22.6 Å². The van der Waals surface area contributed by atoms with E-state index in [1.165, 1.54) is 0 Å². The fourth-order valence-corrected chi connectivity index (χ4v) is 2.72. The third-order valence-corrected chi connectivity index (χ3v) is 4.38. The van der Waals surface area contributed by atoms with E-state index in [1.54, 1.807) is 14.2 Å². The summed E-state index contributed by atoms with van der Waals surface area (Å²) in [6.07, 6.45) is 0.648. The molecule has 1 atom stereocenters. The van der Waals surface area contributed by atoms with Crippen LogP contribution < -0.4 is 14.8 Å². The Kier molecular flexibility index (Phi) is 6.26. The van der Waals surface area contributed by atoms with E-state index >= 15 is 0 Å². The van der Waals surface area contributed by atoms with E-state index < -0.39 is 0 Å². The number of carbonyl (C=O) groups excluding carboxylic acids is 1. The Balaban J connectivity index is 1.52. The molecule has 0 aliphatic rings. The van der Waals surface area contributed by atoms with Crippen LogP contribution in [0.15, 0.2) is 53.1 Å². The molecule has 0 bridgehead atoms. The molecule has 3 rings (SSSR count). The Morgan fingerprint density at radius 2 is 1.64 bits per heavy atom. The summed E-state index contributed by atoms with van der Waals surface area (Å²) in [7, 11) is 3.24. The number of amides is 1. The molecule has 0 aliphatic heterocycles. The lowest BCUT2D eigenvalue weighted by Gasteiger charge is -2.14. The fourth-order valence-electron chi connectivity index (χ4n) is 2.72. The quantitative estimate of drug-likeness (QED) is 0.642. The summed E-state index contributed by atoms with van der Waals surface area (Å²) in [5, 5.41) is 6.95. The molecule has 1 aromatic heterocycles. The van der Waals surface area contributed by atoms with Gasteiger partial charge in [0.1, 0.15) is 11.5 Å². The minimum absolute atomic E-state index is 0.0764. The third-order valence-electron chi connectivity index (χ3n) is 4.38. The molecule has 28 heavy (non-hydrogen) atoms. The zero-order chi connectivity index (χ0) is 19.9. The van der Waals surface area contributed by atoms with Gasteiger partial charge in [0.05, 0.1) is 20.3 Å². The van der Waals surface area contributed by atoms with E-state index in [2.05, 4.69) is 15.5 Å². The molecule has 0 fully saturated rings. The molecule has 1 N–H and O–H groups in total. The number of hydrogen-bond acceptors (Lipinski definition) is 6. The molecular weight excluding hydrogens is 358 g/mol. The van der Waals surface area contributed by atoms with Gasteiger partial charge in [0.15, 0.2) is 0 Å². The number of nitrogens with one attached hydrogen (secondary N) is 1. The van der Waals surface area contributed by atoms with Gasteiger partial charge in [-0.25, -0.2) is 0 Å². The number of rotatable bonds is 8. The SMILES string of the molecule is COc1ccc(-c2noc(CCC(=O)N[C@H](C)c3ccc(OC)cc3)n2)cc1. The highest BCUT2D eigenvalue weighted by Crippen LogP contribution is 2.20. The first kappa shape index (κ1) is 19.4. The number of methoxy groups -OCH3 is 2. The lowest BCUT2D eigenvalue weighted by Crippen LogP contribution is -2.26. The summed E-state index contributed by atoms with van der Waals surface area (Å²) in [6, 6.07) is 14.9. The van der Waals surface area contributed by atoms with Crippen molar-refractivity contribution in [2.75, 3.05) is 14.2 Å². The van der Waals surface area contributed by atoms with Crippen LogP contribution in [0.25, 0.3) is 11.4 Å². The van der Waals surface area contributed by atoms with Gasteiger partial charge >= 0.3 is 0 Å². The molecule has 1 amide bonds. The second-order valence-electron chi connectivity index (χ2n) is 6.30. The van der Waals surface area contributed by atoms with E-state index in [9.17, 15) is 4.79 Å². The van der Waals surface area contributed by atoms with Gasteiger partial charge in [-0.15, -0.1) is 0 Å². The predicted octanol–water partition coefficient (Wildman–Crippen LogP) is 3.56. The van der Waals surface area contributed by atoms with Crippen LogP contribution in [0.5, 0.6) is 11.5 Å². The highest BCUT2D eigenvalue weighted by Gasteiger charge is 2.13. The molecular formula is C21H23N3O4. The van der Waals surface area contributed by atoms with Crippen molar-refractivity contribution in [3.8, 4) is 22.9 Å². The monoisotopic (exact) mass is 381 g/mol. The molecule has 0 saturated carbocycles. The number of nitrogens with zero attached hydrogens (tertiary/aromatic N) is 2. The van der Waals surface area contributed by atoms with E-state index in [4.69, 9.17) is 14.0 Å². The number of aryl methyl sites for hydroxylation is 1. The fraction of sp³-hybridized carbons (Fsp3) is 0.286. The molecule has 0 unspecified atom stereocenters. The van der Waals surface area contributed by atoms with Crippen molar-refractivity contribution in [2.45, 2.75) is 25.8 Å². The molecule has 0 aliphatic carbocycles. The average molecular weight is 381 g/mol. The summed E-state index contributed by atoms with van der Waals surface area (Å²) >= 11 is 0. The van der Waals surface area contributed by atoms with Gasteiger partial charge < -0.3 is 19.3 Å². The van der Waals surface area contributed by atoms with Crippen LogP contribution in [0, 0.1) is 0 Å². The van der Waals surface area contributed by atoms with Crippen molar-refractivity contribution in [2.24, 2.45) is 0 Å². The molecule has 0 saturated heterocycles. The highest BCUT2D eigenvalue weighted by molar-refractivity contribution is 5.76. The Hall–Kier alpha value is -3.35. The average Bonchev–Trinajstić information content (AvgIpc) is 3.21. The molecule has 7 heteroatoms. The first-order valence-electron chi connectivity index (χ1n) is 8.99. The summed E-state index contributed by atoms with van der Waals surface area (Å²) in [4.78, 5) is 16.6. The minimum Gasteiger partial charge on any atom is -0.497 e. The van der Waals surface area contributed by atoms with E-state index in [0.29, 0.717) is 18.1 Å². The number of ether oxygens (including phenoxy) is 2. The van der Waals surface area contributed by atoms with Crippen LogP contribution in [-0.4, -0.2) is 30.3 Å². The van der Waals surface area contributed by atoms with Gasteiger partial charge in [0.25, 0.3) is 0 Å². The highest BCUT2D eigenvalue weighted by atomic mass is 16.5. The van der Waals surface area contributed by atoms with Crippen molar-refractivity contribution in [1.29, 1.82) is 0 Å². The van der Waals surface area contributed by atoms with Crippen LogP contribution in [0.2, 0.25) is 0 Å². The second-order valence-corrected chi connectivity index (χ2v) is 6.30. The van der Waals surface area contributed by atoms with Gasteiger partial charge in [-0.1, -0.05) is 17.3 Å². The maximum atomic E-state index is 12.2. The molecule has 3 aromatic rings. The number of aromatic nitrogens is 2. The van der Waals surface area contributed by atoms with Gasteiger partial charge in [0, 0.05) is 18.4 Å². The van der Waals surface area contributed by atoms with Crippen molar-refractivity contribution in [1.82, 2.24) is 15.5 Å². The van der Waals surface area contributed by atoms with Gasteiger partial charge in [-0.05, 0) is 48.9 Å². The second kappa shape index (κ2) is 9.03. The van der Waals surface area contributed by atoms with Gasteiger partial charge in [0.2, 0.25) is 17.6 Å². The number of carbonyl (C=O) groups is 1. The van der Waals surface area contributed by atoms with Crippen molar-refractivity contribution in [3.63, 3.8) is 0 Å². The molecule has 146 valence electrons. The van der Waals surface area contributed by atoms with Crippen LogP contribution in [0.1, 0.15) is 30.8 Å². The zero-order valence-electron chi connectivity index (χ0n) is 16.1. The van der Waals surface area contributed by atoms with Crippen LogP contribution in [-0.2, 0) is 11.2 Å². The lowest BCUT2D eigenvalue weighted by molar-refractivity contribution is -0.121. The topological polar surface area (TPSA) is 86.5 Å². The Labute approximate surface area is 163 Å². The normalized spacial score (nSPS) is 11.7.